The van der Waals surface area contributed by atoms with Gasteiger partial charge in [-0.15, -0.1) is 0 Å². The fraction of sp³-hybridized carbons (Fsp3) is 0.385. The maximum absolute atomic E-state index is 11.9. The van der Waals surface area contributed by atoms with E-state index in [1.165, 1.54) is 18.0 Å². The molecule has 0 saturated carbocycles. The smallest absolute Gasteiger partial charge is 0.321 e. The first-order valence-electron chi connectivity index (χ1n) is 6.64. The number of rotatable bonds is 4. The summed E-state index contributed by atoms with van der Waals surface area (Å²) < 4.78 is 0. The Morgan fingerprint density at radius 1 is 1.36 bits per heavy atom. The van der Waals surface area contributed by atoms with Gasteiger partial charge < -0.3 is 10.3 Å². The summed E-state index contributed by atoms with van der Waals surface area (Å²) in [5.74, 6) is -0.394. The quantitative estimate of drug-likeness (QED) is 0.741. The highest BCUT2D eigenvalue weighted by atomic mass is 35.5. The van der Waals surface area contributed by atoms with E-state index in [0.29, 0.717) is 21.3 Å². The molecule has 3 amide bonds. The van der Waals surface area contributed by atoms with E-state index in [-0.39, 0.29) is 6.04 Å². The standard InChI is InChI=1S/C13H16ClN5O2S/c1-6(2)16-12(21)19-11(20)7(3)22-13-17-9-4-8(14)5-15-10(9)18-13/h4-7H,1-3H3,(H,15,17,18)(H2,16,19,20,21)/t7-/m0/s1. The molecule has 2 heterocycles. The van der Waals surface area contributed by atoms with E-state index in [9.17, 15) is 9.59 Å². The first kappa shape index (κ1) is 16.6. The molecule has 0 fully saturated rings. The number of imidazole rings is 1. The monoisotopic (exact) mass is 341 g/mol. The van der Waals surface area contributed by atoms with Crippen LogP contribution in [0.2, 0.25) is 5.02 Å². The molecule has 0 spiro atoms. The molecule has 2 rings (SSSR count). The molecular weight excluding hydrogens is 326 g/mol. The summed E-state index contributed by atoms with van der Waals surface area (Å²) in [6.45, 7) is 5.32. The Hall–Kier alpha value is -1.80. The molecule has 2 aromatic rings. The lowest BCUT2D eigenvalue weighted by Crippen LogP contribution is -2.45. The molecule has 0 aliphatic carbocycles. The predicted octanol–water partition coefficient (Wildman–Crippen LogP) is 2.33. The van der Waals surface area contributed by atoms with Gasteiger partial charge >= 0.3 is 6.03 Å². The van der Waals surface area contributed by atoms with Gasteiger partial charge in [-0.1, -0.05) is 23.4 Å². The number of halogens is 1. The zero-order chi connectivity index (χ0) is 16.3. The average Bonchev–Trinajstić information content (AvgIpc) is 2.78. The van der Waals surface area contributed by atoms with Crippen LogP contribution >= 0.6 is 23.4 Å². The van der Waals surface area contributed by atoms with Gasteiger partial charge in [0.15, 0.2) is 10.8 Å². The maximum Gasteiger partial charge on any atom is 0.321 e. The highest BCUT2D eigenvalue weighted by molar-refractivity contribution is 8.00. The number of pyridine rings is 1. The number of aromatic amines is 1. The fourth-order valence-electron chi connectivity index (χ4n) is 1.64. The second-order valence-electron chi connectivity index (χ2n) is 4.94. The zero-order valence-corrected chi connectivity index (χ0v) is 13.9. The summed E-state index contributed by atoms with van der Waals surface area (Å²) in [5.41, 5.74) is 1.22. The summed E-state index contributed by atoms with van der Waals surface area (Å²) in [6.07, 6.45) is 1.51. The normalized spacial score (nSPS) is 12.4. The summed E-state index contributed by atoms with van der Waals surface area (Å²) in [7, 11) is 0. The van der Waals surface area contributed by atoms with Gasteiger partial charge in [0, 0.05) is 12.2 Å². The van der Waals surface area contributed by atoms with E-state index in [0.717, 1.165) is 0 Å². The van der Waals surface area contributed by atoms with E-state index >= 15 is 0 Å². The molecule has 3 N–H and O–H groups in total. The van der Waals surface area contributed by atoms with Gasteiger partial charge in [-0.2, -0.15) is 0 Å². The highest BCUT2D eigenvalue weighted by Gasteiger charge is 2.19. The zero-order valence-electron chi connectivity index (χ0n) is 12.3. The number of imide groups is 1. The molecule has 0 bridgehead atoms. The number of H-pyrrole nitrogens is 1. The van der Waals surface area contributed by atoms with E-state index < -0.39 is 17.2 Å². The molecular formula is C13H16ClN5O2S. The number of nitrogens with zero attached hydrogens (tertiary/aromatic N) is 2. The summed E-state index contributed by atoms with van der Waals surface area (Å²) in [5, 5.41) is 5.43. The Balaban J connectivity index is 1.99. The average molecular weight is 342 g/mol. The molecule has 0 aromatic carbocycles. The van der Waals surface area contributed by atoms with Crippen molar-refractivity contribution in [1.82, 2.24) is 25.6 Å². The first-order valence-corrected chi connectivity index (χ1v) is 7.90. The van der Waals surface area contributed by atoms with Gasteiger partial charge in [-0.3, -0.25) is 10.1 Å². The van der Waals surface area contributed by atoms with Crippen LogP contribution in [0.15, 0.2) is 17.4 Å². The number of fused-ring (bicyclic) bond motifs is 1. The molecule has 0 aliphatic rings. The van der Waals surface area contributed by atoms with Crippen molar-refractivity contribution in [2.75, 3.05) is 0 Å². The van der Waals surface area contributed by atoms with Gasteiger partial charge in [0.2, 0.25) is 5.91 Å². The lowest BCUT2D eigenvalue weighted by atomic mass is 10.4. The van der Waals surface area contributed by atoms with Crippen molar-refractivity contribution in [3.8, 4) is 0 Å². The van der Waals surface area contributed by atoms with Crippen LogP contribution in [0.3, 0.4) is 0 Å². The minimum absolute atomic E-state index is 0.0399. The largest absolute Gasteiger partial charge is 0.336 e. The Labute approximate surface area is 136 Å². The molecule has 0 radical (unpaired) electrons. The minimum atomic E-state index is -0.509. The van der Waals surface area contributed by atoms with Gasteiger partial charge in [0.1, 0.15) is 0 Å². The number of carbonyl (C=O) groups excluding carboxylic acids is 2. The van der Waals surface area contributed by atoms with E-state index in [1.54, 1.807) is 13.0 Å². The van der Waals surface area contributed by atoms with Crippen LogP contribution in [0, 0.1) is 0 Å². The lowest BCUT2D eigenvalue weighted by Gasteiger charge is -2.12. The number of hydrogen-bond donors (Lipinski definition) is 3. The second-order valence-corrected chi connectivity index (χ2v) is 6.71. The van der Waals surface area contributed by atoms with Crippen LogP contribution in [0.1, 0.15) is 20.8 Å². The van der Waals surface area contributed by atoms with Crippen molar-refractivity contribution in [2.24, 2.45) is 0 Å². The molecule has 118 valence electrons. The van der Waals surface area contributed by atoms with Crippen LogP contribution < -0.4 is 10.6 Å². The Morgan fingerprint density at radius 2 is 2.09 bits per heavy atom. The van der Waals surface area contributed by atoms with Crippen molar-refractivity contribution < 1.29 is 9.59 Å². The number of carbonyl (C=O) groups is 2. The van der Waals surface area contributed by atoms with E-state index in [2.05, 4.69) is 25.6 Å². The van der Waals surface area contributed by atoms with Gasteiger partial charge in [0.05, 0.1) is 15.8 Å². The fourth-order valence-corrected chi connectivity index (χ4v) is 2.61. The van der Waals surface area contributed by atoms with Crippen molar-refractivity contribution in [3.63, 3.8) is 0 Å². The molecule has 7 nitrogen and oxygen atoms in total. The van der Waals surface area contributed by atoms with Crippen molar-refractivity contribution in [1.29, 1.82) is 0 Å². The maximum atomic E-state index is 11.9. The summed E-state index contributed by atoms with van der Waals surface area (Å²) in [6, 6.07) is 1.16. The topological polar surface area (TPSA) is 99.8 Å². The highest BCUT2D eigenvalue weighted by Crippen LogP contribution is 2.23. The lowest BCUT2D eigenvalue weighted by molar-refractivity contribution is -0.119. The predicted molar refractivity (Wildman–Crippen MR) is 86.0 cm³/mol. The third-order valence-electron chi connectivity index (χ3n) is 2.60. The summed E-state index contributed by atoms with van der Waals surface area (Å²) >= 11 is 7.06. The molecule has 1 atom stereocenters. The number of amides is 3. The molecule has 22 heavy (non-hydrogen) atoms. The Morgan fingerprint density at radius 3 is 2.77 bits per heavy atom. The number of aromatic nitrogens is 3. The second kappa shape index (κ2) is 6.97. The van der Waals surface area contributed by atoms with Crippen LogP contribution in [0.5, 0.6) is 0 Å². The molecule has 9 heteroatoms. The van der Waals surface area contributed by atoms with Gasteiger partial charge in [-0.05, 0) is 26.8 Å². The van der Waals surface area contributed by atoms with Crippen LogP contribution in [-0.2, 0) is 4.79 Å². The molecule has 0 aliphatic heterocycles. The molecule has 0 unspecified atom stereocenters. The van der Waals surface area contributed by atoms with Gasteiger partial charge in [-0.25, -0.2) is 14.8 Å². The molecule has 2 aromatic heterocycles. The minimum Gasteiger partial charge on any atom is -0.336 e. The van der Waals surface area contributed by atoms with Crippen LogP contribution in [0.25, 0.3) is 11.2 Å². The number of hydrogen-bond acceptors (Lipinski definition) is 5. The van der Waals surface area contributed by atoms with Crippen LogP contribution in [-0.4, -0.2) is 38.2 Å². The number of thioether (sulfide) groups is 1. The van der Waals surface area contributed by atoms with Crippen molar-refractivity contribution in [3.05, 3.63) is 17.3 Å². The third kappa shape index (κ3) is 4.35. The summed E-state index contributed by atoms with van der Waals surface area (Å²) in [4.78, 5) is 34.8. The number of urea groups is 1. The van der Waals surface area contributed by atoms with Crippen LogP contribution in [0.4, 0.5) is 4.79 Å². The van der Waals surface area contributed by atoms with Gasteiger partial charge in [0.25, 0.3) is 0 Å². The molecule has 0 saturated heterocycles. The SMILES string of the molecule is CC(C)NC(=O)NC(=O)[C@H](C)Sc1nc2ncc(Cl)cc2[nH]1. The van der Waals surface area contributed by atoms with Crippen molar-refractivity contribution in [2.45, 2.75) is 37.2 Å². The Bertz CT molecular complexity index is 703. The van der Waals surface area contributed by atoms with E-state index in [1.807, 2.05) is 13.8 Å². The van der Waals surface area contributed by atoms with E-state index in [4.69, 9.17) is 11.6 Å². The Kier molecular flexibility index (Phi) is 5.25. The number of nitrogens with one attached hydrogen (secondary N) is 3. The first-order chi connectivity index (χ1) is 10.3. The third-order valence-corrected chi connectivity index (χ3v) is 3.79. The van der Waals surface area contributed by atoms with Crippen molar-refractivity contribution >= 4 is 46.5 Å².